The number of hydrogen-bond acceptors (Lipinski definition) is 2. The SMILES string of the molecule is CC1(C)CC(Nc2ccc(C(F)(F)F)cn2)CC(C)(C)C1. The highest BCUT2D eigenvalue weighted by Crippen LogP contribution is 2.46. The van der Waals surface area contributed by atoms with Gasteiger partial charge in [-0.05, 0) is 42.2 Å². The number of nitrogens with zero attached hydrogens (tertiary/aromatic N) is 1. The minimum Gasteiger partial charge on any atom is -0.367 e. The van der Waals surface area contributed by atoms with Crippen molar-refractivity contribution >= 4 is 5.82 Å². The Kier molecular flexibility index (Phi) is 3.98. The molecule has 2 rings (SSSR count). The average Bonchev–Trinajstić information content (AvgIpc) is 2.23. The number of anilines is 1. The summed E-state index contributed by atoms with van der Waals surface area (Å²) in [5.41, 5.74) is -0.256. The van der Waals surface area contributed by atoms with E-state index in [2.05, 4.69) is 38.0 Å². The molecule has 1 fully saturated rings. The molecular formula is C16H23F3N2. The lowest BCUT2D eigenvalue weighted by atomic mass is 9.63. The summed E-state index contributed by atoms with van der Waals surface area (Å²) >= 11 is 0. The van der Waals surface area contributed by atoms with Crippen LogP contribution in [0.1, 0.15) is 52.5 Å². The Balaban J connectivity index is 2.08. The summed E-state index contributed by atoms with van der Waals surface area (Å²) in [4.78, 5) is 3.90. The predicted octanol–water partition coefficient (Wildman–Crippen LogP) is 5.12. The smallest absolute Gasteiger partial charge is 0.367 e. The van der Waals surface area contributed by atoms with Crippen molar-refractivity contribution in [2.75, 3.05) is 5.32 Å². The summed E-state index contributed by atoms with van der Waals surface area (Å²) in [6.07, 6.45) is -0.293. The molecule has 1 N–H and O–H groups in total. The van der Waals surface area contributed by atoms with Crippen LogP contribution >= 0.6 is 0 Å². The first-order valence-electron chi connectivity index (χ1n) is 7.27. The van der Waals surface area contributed by atoms with Gasteiger partial charge in [0, 0.05) is 12.2 Å². The van der Waals surface area contributed by atoms with E-state index in [1.54, 1.807) is 0 Å². The lowest BCUT2D eigenvalue weighted by molar-refractivity contribution is -0.137. The van der Waals surface area contributed by atoms with Crippen LogP contribution in [0, 0.1) is 10.8 Å². The van der Waals surface area contributed by atoms with Gasteiger partial charge in [-0.3, -0.25) is 0 Å². The molecule has 1 saturated carbocycles. The molecule has 2 nitrogen and oxygen atoms in total. The molecule has 0 amide bonds. The number of alkyl halides is 3. The zero-order valence-electron chi connectivity index (χ0n) is 13.0. The number of rotatable bonds is 2. The maximum atomic E-state index is 12.5. The van der Waals surface area contributed by atoms with E-state index in [4.69, 9.17) is 0 Å². The second-order valence-electron chi connectivity index (χ2n) is 7.68. The third-order valence-electron chi connectivity index (χ3n) is 4.00. The highest BCUT2D eigenvalue weighted by Gasteiger charge is 2.38. The van der Waals surface area contributed by atoms with Crippen molar-refractivity contribution in [3.05, 3.63) is 23.9 Å². The van der Waals surface area contributed by atoms with Crippen LogP contribution in [-0.2, 0) is 6.18 Å². The van der Waals surface area contributed by atoms with Crippen molar-refractivity contribution in [1.82, 2.24) is 4.98 Å². The van der Waals surface area contributed by atoms with E-state index in [1.165, 1.54) is 6.07 Å². The van der Waals surface area contributed by atoms with Crippen LogP contribution in [0.25, 0.3) is 0 Å². The minimum atomic E-state index is -4.33. The van der Waals surface area contributed by atoms with Crippen molar-refractivity contribution in [3.63, 3.8) is 0 Å². The largest absolute Gasteiger partial charge is 0.417 e. The summed E-state index contributed by atoms with van der Waals surface area (Å²) in [6.45, 7) is 8.96. The zero-order valence-corrected chi connectivity index (χ0v) is 13.0. The summed E-state index contributed by atoms with van der Waals surface area (Å²) in [5.74, 6) is 0.515. The number of pyridine rings is 1. The maximum absolute atomic E-state index is 12.5. The second kappa shape index (κ2) is 5.18. The van der Waals surface area contributed by atoms with Crippen LogP contribution in [0.4, 0.5) is 19.0 Å². The van der Waals surface area contributed by atoms with Gasteiger partial charge < -0.3 is 5.32 Å². The van der Waals surface area contributed by atoms with Gasteiger partial charge in [0.1, 0.15) is 5.82 Å². The molecule has 1 aromatic rings. The minimum absolute atomic E-state index is 0.228. The Morgan fingerprint density at radius 3 is 2.10 bits per heavy atom. The van der Waals surface area contributed by atoms with Crippen LogP contribution in [0.2, 0.25) is 0 Å². The van der Waals surface area contributed by atoms with Gasteiger partial charge in [-0.2, -0.15) is 13.2 Å². The fourth-order valence-electron chi connectivity index (χ4n) is 3.80. The molecule has 0 aliphatic heterocycles. The normalized spacial score (nSPS) is 22.0. The second-order valence-corrected chi connectivity index (χ2v) is 7.68. The Morgan fingerprint density at radius 1 is 1.10 bits per heavy atom. The monoisotopic (exact) mass is 300 g/mol. The van der Waals surface area contributed by atoms with Crippen LogP contribution in [0.3, 0.4) is 0 Å². The number of aromatic nitrogens is 1. The van der Waals surface area contributed by atoms with E-state index in [-0.39, 0.29) is 16.9 Å². The summed E-state index contributed by atoms with van der Waals surface area (Å²) in [5, 5.41) is 3.29. The maximum Gasteiger partial charge on any atom is 0.417 e. The first kappa shape index (κ1) is 16.1. The molecular weight excluding hydrogens is 277 g/mol. The Labute approximate surface area is 124 Å². The first-order chi connectivity index (χ1) is 9.47. The van der Waals surface area contributed by atoms with E-state index < -0.39 is 11.7 Å². The van der Waals surface area contributed by atoms with Gasteiger partial charge in [0.2, 0.25) is 0 Å². The van der Waals surface area contributed by atoms with Gasteiger partial charge in [-0.15, -0.1) is 0 Å². The summed E-state index contributed by atoms with van der Waals surface area (Å²) in [6, 6.07) is 2.74. The van der Waals surface area contributed by atoms with Gasteiger partial charge in [0.15, 0.2) is 0 Å². The van der Waals surface area contributed by atoms with Crippen LogP contribution in [0.5, 0.6) is 0 Å². The molecule has 1 heterocycles. The standard InChI is InChI=1S/C16H23F3N2/c1-14(2)7-12(8-15(3,4)10-14)21-13-6-5-11(9-20-13)16(17,18)19/h5-6,9,12H,7-8,10H2,1-4H3,(H,20,21). The molecule has 0 saturated heterocycles. The van der Waals surface area contributed by atoms with Crippen molar-refractivity contribution in [1.29, 1.82) is 0 Å². The van der Waals surface area contributed by atoms with Gasteiger partial charge in [0.25, 0.3) is 0 Å². The number of nitrogens with one attached hydrogen (secondary N) is 1. The molecule has 0 unspecified atom stereocenters. The molecule has 0 bridgehead atoms. The lowest BCUT2D eigenvalue weighted by Gasteiger charge is -2.45. The van der Waals surface area contributed by atoms with Crippen molar-refractivity contribution in [2.24, 2.45) is 10.8 Å². The van der Waals surface area contributed by atoms with E-state index in [1.807, 2.05) is 0 Å². The quantitative estimate of drug-likeness (QED) is 0.820. The molecule has 0 atom stereocenters. The fraction of sp³-hybridized carbons (Fsp3) is 0.688. The van der Waals surface area contributed by atoms with Crippen LogP contribution in [0.15, 0.2) is 18.3 Å². The van der Waals surface area contributed by atoms with E-state index in [9.17, 15) is 13.2 Å². The molecule has 0 aromatic carbocycles. The van der Waals surface area contributed by atoms with Crippen LogP contribution in [-0.4, -0.2) is 11.0 Å². The molecule has 5 heteroatoms. The Hall–Kier alpha value is -1.26. The van der Waals surface area contributed by atoms with Gasteiger partial charge in [-0.1, -0.05) is 27.7 Å². The van der Waals surface area contributed by atoms with Gasteiger partial charge >= 0.3 is 6.18 Å². The van der Waals surface area contributed by atoms with Gasteiger partial charge in [0.05, 0.1) is 5.56 Å². The summed E-state index contributed by atoms with van der Waals surface area (Å²) in [7, 11) is 0. The molecule has 1 aromatic heterocycles. The van der Waals surface area contributed by atoms with Gasteiger partial charge in [-0.25, -0.2) is 4.98 Å². The third kappa shape index (κ3) is 4.35. The first-order valence-corrected chi connectivity index (χ1v) is 7.27. The van der Waals surface area contributed by atoms with E-state index >= 15 is 0 Å². The molecule has 1 aliphatic carbocycles. The molecule has 21 heavy (non-hydrogen) atoms. The molecule has 0 radical (unpaired) electrons. The Bertz CT molecular complexity index is 473. The Morgan fingerprint density at radius 2 is 1.67 bits per heavy atom. The third-order valence-corrected chi connectivity index (χ3v) is 4.00. The highest BCUT2D eigenvalue weighted by molar-refractivity contribution is 5.37. The number of hydrogen-bond donors (Lipinski definition) is 1. The lowest BCUT2D eigenvalue weighted by Crippen LogP contribution is -2.40. The number of halogens is 3. The van der Waals surface area contributed by atoms with E-state index in [0.717, 1.165) is 31.5 Å². The average molecular weight is 300 g/mol. The van der Waals surface area contributed by atoms with Crippen molar-refractivity contribution in [2.45, 2.75) is 59.2 Å². The molecule has 1 aliphatic rings. The van der Waals surface area contributed by atoms with Crippen LogP contribution < -0.4 is 5.32 Å². The predicted molar refractivity (Wildman–Crippen MR) is 78.1 cm³/mol. The zero-order chi connectivity index (χ0) is 15.9. The van der Waals surface area contributed by atoms with Crippen molar-refractivity contribution in [3.8, 4) is 0 Å². The topological polar surface area (TPSA) is 24.9 Å². The fourth-order valence-corrected chi connectivity index (χ4v) is 3.80. The molecule has 0 spiro atoms. The summed E-state index contributed by atoms with van der Waals surface area (Å²) < 4.78 is 37.6. The van der Waals surface area contributed by atoms with E-state index in [0.29, 0.717) is 5.82 Å². The van der Waals surface area contributed by atoms with Crippen molar-refractivity contribution < 1.29 is 13.2 Å². The highest BCUT2D eigenvalue weighted by atomic mass is 19.4. The molecule has 118 valence electrons.